The lowest BCUT2D eigenvalue weighted by Crippen LogP contribution is -2.28. The van der Waals surface area contributed by atoms with Crippen LogP contribution in [0.1, 0.15) is 11.6 Å². The number of nitrogens with one attached hydrogen (secondary N) is 1. The number of hydrogen-bond donors (Lipinski definition) is 1. The minimum atomic E-state index is -0.0822. The number of rotatable bonds is 4. The number of amides is 2. The van der Waals surface area contributed by atoms with Gasteiger partial charge in [0, 0.05) is 11.1 Å². The fraction of sp³-hybridized carbons (Fsp3) is 0.136. The molecule has 3 aromatic carbocycles. The molecule has 4 heteroatoms. The molecule has 4 rings (SSSR count). The molecule has 1 aliphatic heterocycles. The van der Waals surface area contributed by atoms with Crippen LogP contribution in [0.25, 0.3) is 11.1 Å². The van der Waals surface area contributed by atoms with E-state index in [0.29, 0.717) is 6.54 Å². The summed E-state index contributed by atoms with van der Waals surface area (Å²) in [6.07, 6.45) is 0. The van der Waals surface area contributed by atoms with Crippen molar-refractivity contribution in [2.75, 3.05) is 18.6 Å². The van der Waals surface area contributed by atoms with Crippen LogP contribution in [-0.2, 0) is 0 Å². The summed E-state index contributed by atoms with van der Waals surface area (Å²) in [5.41, 5.74) is 3.95. The summed E-state index contributed by atoms with van der Waals surface area (Å²) < 4.78 is 5.52. The smallest absolute Gasteiger partial charge is 0.322 e. The van der Waals surface area contributed by atoms with E-state index in [-0.39, 0.29) is 12.1 Å². The maximum atomic E-state index is 12.7. The van der Waals surface area contributed by atoms with E-state index in [9.17, 15) is 4.79 Å². The van der Waals surface area contributed by atoms with E-state index in [1.807, 2.05) is 78.9 Å². The highest BCUT2D eigenvalue weighted by Gasteiger charge is 2.32. The fourth-order valence-electron chi connectivity index (χ4n) is 3.42. The number of carbonyl (C=O) groups excluding carboxylic acids is 1. The third kappa shape index (κ3) is 2.90. The number of urea groups is 1. The molecule has 130 valence electrons. The van der Waals surface area contributed by atoms with E-state index in [1.165, 1.54) is 0 Å². The molecule has 3 aromatic rings. The molecule has 1 saturated heterocycles. The maximum Gasteiger partial charge on any atom is 0.322 e. The summed E-state index contributed by atoms with van der Waals surface area (Å²) in [4.78, 5) is 14.5. The van der Waals surface area contributed by atoms with Crippen LogP contribution in [0.4, 0.5) is 10.5 Å². The number of carbonyl (C=O) groups is 1. The van der Waals surface area contributed by atoms with E-state index >= 15 is 0 Å². The average Bonchev–Trinajstić information content (AvgIpc) is 3.10. The molecule has 1 fully saturated rings. The maximum absolute atomic E-state index is 12.7. The van der Waals surface area contributed by atoms with Crippen LogP contribution in [0.15, 0.2) is 78.9 Å². The first-order valence-electron chi connectivity index (χ1n) is 8.63. The van der Waals surface area contributed by atoms with Crippen LogP contribution < -0.4 is 15.0 Å². The second-order valence-electron chi connectivity index (χ2n) is 6.24. The highest BCUT2D eigenvalue weighted by molar-refractivity contribution is 5.99. The van der Waals surface area contributed by atoms with Gasteiger partial charge >= 0.3 is 6.03 Å². The lowest BCUT2D eigenvalue weighted by atomic mass is 10.0. The minimum absolute atomic E-state index is 0.0191. The standard InChI is InChI=1S/C22H20N2O2/c1-26-21-14-8-6-12-18(21)17-11-5-7-13-20(17)24-15-19(23-22(24)25)16-9-3-2-4-10-16/h2-14,19H,15H2,1H3,(H,23,25). The Morgan fingerprint density at radius 1 is 0.885 bits per heavy atom. The molecule has 1 unspecified atom stereocenters. The summed E-state index contributed by atoms with van der Waals surface area (Å²) in [6.45, 7) is 0.592. The van der Waals surface area contributed by atoms with E-state index in [0.717, 1.165) is 28.1 Å². The summed E-state index contributed by atoms with van der Waals surface area (Å²) >= 11 is 0. The van der Waals surface area contributed by atoms with E-state index in [1.54, 1.807) is 12.0 Å². The highest BCUT2D eigenvalue weighted by Crippen LogP contribution is 2.38. The molecule has 4 nitrogen and oxygen atoms in total. The van der Waals surface area contributed by atoms with E-state index < -0.39 is 0 Å². The predicted molar refractivity (Wildman–Crippen MR) is 103 cm³/mol. The summed E-state index contributed by atoms with van der Waals surface area (Å²) in [5.74, 6) is 0.791. The van der Waals surface area contributed by atoms with Crippen molar-refractivity contribution in [2.45, 2.75) is 6.04 Å². The van der Waals surface area contributed by atoms with E-state index in [4.69, 9.17) is 4.74 Å². The molecule has 0 aliphatic carbocycles. The van der Waals surface area contributed by atoms with Gasteiger partial charge in [-0.05, 0) is 17.7 Å². The monoisotopic (exact) mass is 344 g/mol. The number of benzene rings is 3. The van der Waals surface area contributed by atoms with Gasteiger partial charge in [0.15, 0.2) is 0 Å². The fourth-order valence-corrected chi connectivity index (χ4v) is 3.42. The summed E-state index contributed by atoms with van der Waals surface area (Å²) in [5, 5.41) is 3.08. The van der Waals surface area contributed by atoms with Crippen LogP contribution in [0, 0.1) is 0 Å². The second kappa shape index (κ2) is 6.92. The molecule has 0 bridgehead atoms. The van der Waals surface area contributed by atoms with Crippen molar-refractivity contribution in [3.8, 4) is 16.9 Å². The molecule has 1 heterocycles. The molecule has 0 radical (unpaired) electrons. The second-order valence-corrected chi connectivity index (χ2v) is 6.24. The Balaban J connectivity index is 1.72. The van der Waals surface area contributed by atoms with Gasteiger partial charge in [-0.3, -0.25) is 4.90 Å². The van der Waals surface area contributed by atoms with Crippen molar-refractivity contribution in [3.63, 3.8) is 0 Å². The first-order valence-corrected chi connectivity index (χ1v) is 8.63. The summed E-state index contributed by atoms with van der Waals surface area (Å²) in [7, 11) is 1.66. The van der Waals surface area contributed by atoms with Gasteiger partial charge in [0.05, 0.1) is 25.4 Å². The van der Waals surface area contributed by atoms with Gasteiger partial charge in [-0.25, -0.2) is 4.79 Å². The lowest BCUT2D eigenvalue weighted by Gasteiger charge is -2.20. The van der Waals surface area contributed by atoms with Crippen molar-refractivity contribution in [3.05, 3.63) is 84.4 Å². The average molecular weight is 344 g/mol. The number of methoxy groups -OCH3 is 1. The Labute approximate surface area is 153 Å². The Morgan fingerprint density at radius 3 is 2.31 bits per heavy atom. The van der Waals surface area contributed by atoms with Gasteiger partial charge in [0.1, 0.15) is 5.75 Å². The Bertz CT molecular complexity index is 924. The van der Waals surface area contributed by atoms with Gasteiger partial charge in [0.2, 0.25) is 0 Å². The van der Waals surface area contributed by atoms with Crippen molar-refractivity contribution in [2.24, 2.45) is 0 Å². The van der Waals surface area contributed by atoms with Gasteiger partial charge in [-0.15, -0.1) is 0 Å². The number of nitrogens with zero attached hydrogens (tertiary/aromatic N) is 1. The first kappa shape index (κ1) is 16.2. The topological polar surface area (TPSA) is 41.6 Å². The molecular formula is C22H20N2O2. The van der Waals surface area contributed by atoms with Crippen molar-refractivity contribution < 1.29 is 9.53 Å². The summed E-state index contributed by atoms with van der Waals surface area (Å²) in [6, 6.07) is 25.8. The van der Waals surface area contributed by atoms with Crippen LogP contribution in [-0.4, -0.2) is 19.7 Å². The SMILES string of the molecule is COc1ccccc1-c1ccccc1N1CC(c2ccccc2)NC1=O. The molecular weight excluding hydrogens is 324 g/mol. The third-order valence-electron chi connectivity index (χ3n) is 4.70. The van der Waals surface area contributed by atoms with Crippen LogP contribution >= 0.6 is 0 Å². The molecule has 1 aliphatic rings. The number of para-hydroxylation sites is 2. The van der Waals surface area contributed by atoms with Gasteiger partial charge < -0.3 is 10.1 Å². The Hall–Kier alpha value is -3.27. The molecule has 1 N–H and O–H groups in total. The van der Waals surface area contributed by atoms with Gasteiger partial charge in [-0.2, -0.15) is 0 Å². The van der Waals surface area contributed by atoms with E-state index in [2.05, 4.69) is 5.32 Å². The molecule has 26 heavy (non-hydrogen) atoms. The lowest BCUT2D eigenvalue weighted by molar-refractivity contribution is 0.251. The van der Waals surface area contributed by atoms with Crippen LogP contribution in [0.2, 0.25) is 0 Å². The highest BCUT2D eigenvalue weighted by atomic mass is 16.5. The number of ether oxygens (including phenoxy) is 1. The van der Waals surface area contributed by atoms with Crippen molar-refractivity contribution in [1.29, 1.82) is 0 Å². The first-order chi connectivity index (χ1) is 12.8. The number of hydrogen-bond acceptors (Lipinski definition) is 2. The zero-order chi connectivity index (χ0) is 17.9. The normalized spacial score (nSPS) is 16.4. The number of anilines is 1. The van der Waals surface area contributed by atoms with Crippen molar-refractivity contribution in [1.82, 2.24) is 5.32 Å². The third-order valence-corrected chi connectivity index (χ3v) is 4.70. The Kier molecular flexibility index (Phi) is 4.32. The molecule has 2 amide bonds. The molecule has 0 aromatic heterocycles. The quantitative estimate of drug-likeness (QED) is 0.749. The van der Waals surface area contributed by atoms with Crippen molar-refractivity contribution >= 4 is 11.7 Å². The molecule has 0 spiro atoms. The minimum Gasteiger partial charge on any atom is -0.496 e. The van der Waals surface area contributed by atoms with Crippen LogP contribution in [0.3, 0.4) is 0 Å². The van der Waals surface area contributed by atoms with Crippen LogP contribution in [0.5, 0.6) is 5.75 Å². The Morgan fingerprint density at radius 2 is 1.54 bits per heavy atom. The molecule has 1 atom stereocenters. The predicted octanol–water partition coefficient (Wildman–Crippen LogP) is 4.63. The van der Waals surface area contributed by atoms with Gasteiger partial charge in [-0.1, -0.05) is 66.7 Å². The van der Waals surface area contributed by atoms with Gasteiger partial charge in [0.25, 0.3) is 0 Å². The zero-order valence-electron chi connectivity index (χ0n) is 14.6. The largest absolute Gasteiger partial charge is 0.496 e. The zero-order valence-corrected chi connectivity index (χ0v) is 14.6. The molecule has 0 saturated carbocycles.